The van der Waals surface area contributed by atoms with E-state index in [0.29, 0.717) is 11.3 Å². The van der Waals surface area contributed by atoms with E-state index in [1.807, 2.05) is 13.0 Å². The van der Waals surface area contributed by atoms with Crippen molar-refractivity contribution in [3.05, 3.63) is 47.5 Å². The van der Waals surface area contributed by atoms with E-state index in [2.05, 4.69) is 19.7 Å². The average Bonchev–Trinajstić information content (AvgIpc) is 2.45. The van der Waals surface area contributed by atoms with Gasteiger partial charge >= 0.3 is 5.97 Å². The van der Waals surface area contributed by atoms with Crippen molar-refractivity contribution in [1.82, 2.24) is 15.0 Å². The van der Waals surface area contributed by atoms with Crippen molar-refractivity contribution in [3.63, 3.8) is 0 Å². The van der Waals surface area contributed by atoms with Crippen LogP contribution in [0.25, 0.3) is 0 Å². The summed E-state index contributed by atoms with van der Waals surface area (Å²) in [7, 11) is 1.35. The lowest BCUT2D eigenvalue weighted by atomic mass is 10.2. The maximum atomic E-state index is 11.3. The molecule has 0 fully saturated rings. The van der Waals surface area contributed by atoms with Gasteiger partial charge in [-0.2, -0.15) is 0 Å². The number of methoxy groups -OCH3 is 1. The molecule has 0 amide bonds. The molecule has 2 aromatic heterocycles. The van der Waals surface area contributed by atoms with Crippen molar-refractivity contribution in [2.24, 2.45) is 0 Å². The summed E-state index contributed by atoms with van der Waals surface area (Å²) in [5, 5.41) is 0.721. The standard InChI is InChI=1S/C13H13N3O2S/c1-9-5-6-14-13(16-9)19-8-11-4-3-10(7-15-11)12(17)18-2/h3-7H,8H2,1-2H3. The van der Waals surface area contributed by atoms with Gasteiger partial charge in [0, 0.05) is 23.8 Å². The molecule has 0 aliphatic rings. The SMILES string of the molecule is COC(=O)c1ccc(CSc2nccc(C)n2)nc1. The molecular formula is C13H13N3O2S. The van der Waals surface area contributed by atoms with Crippen LogP contribution in [0, 0.1) is 6.92 Å². The van der Waals surface area contributed by atoms with Gasteiger partial charge in [-0.1, -0.05) is 11.8 Å². The van der Waals surface area contributed by atoms with Gasteiger partial charge in [0.05, 0.1) is 18.4 Å². The number of hydrogen-bond donors (Lipinski definition) is 0. The van der Waals surface area contributed by atoms with E-state index in [4.69, 9.17) is 0 Å². The van der Waals surface area contributed by atoms with E-state index in [0.717, 1.165) is 16.5 Å². The van der Waals surface area contributed by atoms with Crippen LogP contribution in [0.4, 0.5) is 0 Å². The predicted octanol–water partition coefficient (Wildman–Crippen LogP) is 2.26. The normalized spacial score (nSPS) is 10.2. The summed E-state index contributed by atoms with van der Waals surface area (Å²) in [6, 6.07) is 5.36. The Kier molecular flexibility index (Phi) is 4.46. The third kappa shape index (κ3) is 3.75. The largest absolute Gasteiger partial charge is 0.465 e. The highest BCUT2D eigenvalue weighted by Gasteiger charge is 2.06. The zero-order valence-electron chi connectivity index (χ0n) is 10.7. The highest BCUT2D eigenvalue weighted by atomic mass is 32.2. The topological polar surface area (TPSA) is 65.0 Å². The molecule has 98 valence electrons. The van der Waals surface area contributed by atoms with Crippen molar-refractivity contribution in [2.75, 3.05) is 7.11 Å². The molecule has 0 aliphatic heterocycles. The lowest BCUT2D eigenvalue weighted by molar-refractivity contribution is 0.0600. The van der Waals surface area contributed by atoms with Gasteiger partial charge in [0.2, 0.25) is 0 Å². The second-order valence-corrected chi connectivity index (χ2v) is 4.74. The van der Waals surface area contributed by atoms with Crippen LogP contribution >= 0.6 is 11.8 Å². The molecule has 0 saturated heterocycles. The minimum atomic E-state index is -0.381. The number of esters is 1. The molecule has 2 aromatic rings. The lowest BCUT2D eigenvalue weighted by Gasteiger charge is -2.02. The Labute approximate surface area is 115 Å². The molecule has 6 heteroatoms. The molecule has 2 heterocycles. The zero-order valence-corrected chi connectivity index (χ0v) is 11.5. The summed E-state index contributed by atoms with van der Waals surface area (Å²) in [6.45, 7) is 1.93. The van der Waals surface area contributed by atoms with Crippen molar-refractivity contribution < 1.29 is 9.53 Å². The van der Waals surface area contributed by atoms with Gasteiger partial charge in [-0.3, -0.25) is 4.98 Å². The highest BCUT2D eigenvalue weighted by Crippen LogP contribution is 2.17. The molecule has 0 unspecified atom stereocenters. The molecular weight excluding hydrogens is 262 g/mol. The van der Waals surface area contributed by atoms with E-state index < -0.39 is 0 Å². The quantitative estimate of drug-likeness (QED) is 0.484. The minimum Gasteiger partial charge on any atom is -0.465 e. The lowest BCUT2D eigenvalue weighted by Crippen LogP contribution is -2.02. The smallest absolute Gasteiger partial charge is 0.339 e. The summed E-state index contributed by atoms with van der Waals surface area (Å²) in [5.74, 6) is 0.277. The third-order valence-electron chi connectivity index (χ3n) is 2.37. The minimum absolute atomic E-state index is 0.381. The van der Waals surface area contributed by atoms with Crippen LogP contribution in [0.15, 0.2) is 35.7 Å². The van der Waals surface area contributed by atoms with Crippen LogP contribution in [0.1, 0.15) is 21.7 Å². The van der Waals surface area contributed by atoms with Crippen LogP contribution in [-0.4, -0.2) is 28.0 Å². The number of carbonyl (C=O) groups is 1. The van der Waals surface area contributed by atoms with Gasteiger partial charge < -0.3 is 4.74 Å². The maximum absolute atomic E-state index is 11.3. The molecule has 0 N–H and O–H groups in total. The van der Waals surface area contributed by atoms with Crippen LogP contribution < -0.4 is 0 Å². The van der Waals surface area contributed by atoms with Crippen molar-refractivity contribution >= 4 is 17.7 Å². The first-order valence-electron chi connectivity index (χ1n) is 5.65. The molecule has 0 saturated carbocycles. The van der Waals surface area contributed by atoms with Gasteiger partial charge in [0.15, 0.2) is 5.16 Å². The average molecular weight is 275 g/mol. The summed E-state index contributed by atoms with van der Waals surface area (Å²) in [6.07, 6.45) is 3.25. The fourth-order valence-corrected chi connectivity index (χ4v) is 2.17. The van der Waals surface area contributed by atoms with Gasteiger partial charge in [0.1, 0.15) is 0 Å². The van der Waals surface area contributed by atoms with Gasteiger partial charge in [0.25, 0.3) is 0 Å². The number of pyridine rings is 1. The predicted molar refractivity (Wildman–Crippen MR) is 71.9 cm³/mol. The Morgan fingerprint density at radius 1 is 1.32 bits per heavy atom. The number of aromatic nitrogens is 3. The first kappa shape index (κ1) is 13.5. The second-order valence-electron chi connectivity index (χ2n) is 3.80. The Morgan fingerprint density at radius 2 is 2.16 bits per heavy atom. The zero-order chi connectivity index (χ0) is 13.7. The number of ether oxygens (including phenoxy) is 1. The molecule has 0 spiro atoms. The number of rotatable bonds is 4. The Balaban J connectivity index is 1.98. The van der Waals surface area contributed by atoms with Crippen molar-refractivity contribution in [2.45, 2.75) is 17.8 Å². The Morgan fingerprint density at radius 3 is 2.79 bits per heavy atom. The first-order valence-corrected chi connectivity index (χ1v) is 6.63. The molecule has 0 aliphatic carbocycles. The number of carbonyl (C=O) groups excluding carboxylic acids is 1. The van der Waals surface area contributed by atoms with Gasteiger partial charge in [-0.15, -0.1) is 0 Å². The molecule has 5 nitrogen and oxygen atoms in total. The molecule has 0 bridgehead atoms. The van der Waals surface area contributed by atoms with E-state index in [1.54, 1.807) is 18.3 Å². The summed E-state index contributed by atoms with van der Waals surface area (Å²) in [4.78, 5) is 23.9. The number of aryl methyl sites for hydroxylation is 1. The van der Waals surface area contributed by atoms with Crippen molar-refractivity contribution in [1.29, 1.82) is 0 Å². The van der Waals surface area contributed by atoms with Crippen LogP contribution in [0.3, 0.4) is 0 Å². The van der Waals surface area contributed by atoms with Crippen LogP contribution in [0.5, 0.6) is 0 Å². The molecule has 19 heavy (non-hydrogen) atoms. The number of nitrogens with zero attached hydrogens (tertiary/aromatic N) is 3. The van der Waals surface area contributed by atoms with Crippen molar-refractivity contribution in [3.8, 4) is 0 Å². The fraction of sp³-hybridized carbons (Fsp3) is 0.231. The molecule has 0 radical (unpaired) electrons. The Hall–Kier alpha value is -1.95. The first-order chi connectivity index (χ1) is 9.19. The fourth-order valence-electron chi connectivity index (χ4n) is 1.38. The van der Waals surface area contributed by atoms with Gasteiger partial charge in [-0.05, 0) is 25.1 Å². The summed E-state index contributed by atoms with van der Waals surface area (Å²) in [5.41, 5.74) is 2.25. The summed E-state index contributed by atoms with van der Waals surface area (Å²) < 4.78 is 4.61. The van der Waals surface area contributed by atoms with E-state index in [-0.39, 0.29) is 5.97 Å². The molecule has 0 aromatic carbocycles. The van der Waals surface area contributed by atoms with E-state index >= 15 is 0 Å². The van der Waals surface area contributed by atoms with Crippen LogP contribution in [-0.2, 0) is 10.5 Å². The van der Waals surface area contributed by atoms with Crippen LogP contribution in [0.2, 0.25) is 0 Å². The number of hydrogen-bond acceptors (Lipinski definition) is 6. The second kappa shape index (κ2) is 6.29. The summed E-state index contributed by atoms with van der Waals surface area (Å²) >= 11 is 1.51. The molecule has 0 atom stereocenters. The van der Waals surface area contributed by atoms with E-state index in [1.165, 1.54) is 25.1 Å². The van der Waals surface area contributed by atoms with E-state index in [9.17, 15) is 4.79 Å². The molecule has 2 rings (SSSR count). The monoisotopic (exact) mass is 275 g/mol. The Bertz CT molecular complexity index is 572. The third-order valence-corrected chi connectivity index (χ3v) is 3.26. The number of thioether (sulfide) groups is 1. The highest BCUT2D eigenvalue weighted by molar-refractivity contribution is 7.98. The van der Waals surface area contributed by atoms with Gasteiger partial charge in [-0.25, -0.2) is 14.8 Å². The maximum Gasteiger partial charge on any atom is 0.339 e.